The van der Waals surface area contributed by atoms with Gasteiger partial charge in [0.2, 0.25) is 0 Å². The van der Waals surface area contributed by atoms with E-state index in [0.29, 0.717) is 31.3 Å². The van der Waals surface area contributed by atoms with Crippen molar-refractivity contribution >= 4 is 17.3 Å². The van der Waals surface area contributed by atoms with Gasteiger partial charge in [0.05, 0.1) is 5.41 Å². The Morgan fingerprint density at radius 2 is 2.10 bits per heavy atom. The van der Waals surface area contributed by atoms with Gasteiger partial charge in [-0.1, -0.05) is 6.08 Å². The Bertz CT molecular complexity index is 547. The average Bonchev–Trinajstić information content (AvgIpc) is 2.69. The first-order chi connectivity index (χ1) is 9.32. The van der Waals surface area contributed by atoms with Crippen LogP contribution in [0.25, 0.3) is 0 Å². The Morgan fingerprint density at radius 1 is 1.40 bits per heavy atom. The van der Waals surface area contributed by atoms with Crippen molar-refractivity contribution in [3.05, 3.63) is 11.6 Å². The Hall–Kier alpha value is -1.29. The molecule has 2 saturated carbocycles. The maximum atomic E-state index is 12.7. The predicted octanol–water partition coefficient (Wildman–Crippen LogP) is 1.60. The molecule has 1 spiro atoms. The monoisotopic (exact) mass is 276 g/mol. The predicted molar refractivity (Wildman–Crippen MR) is 71.9 cm³/mol. The Kier molecular flexibility index (Phi) is 2.81. The van der Waals surface area contributed by atoms with Crippen molar-refractivity contribution in [3.8, 4) is 0 Å². The summed E-state index contributed by atoms with van der Waals surface area (Å²) >= 11 is 0. The third kappa shape index (κ3) is 1.48. The van der Waals surface area contributed by atoms with Crippen LogP contribution >= 0.6 is 0 Å². The van der Waals surface area contributed by atoms with Gasteiger partial charge in [-0.25, -0.2) is 0 Å². The molecule has 0 unspecified atom stereocenters. The van der Waals surface area contributed by atoms with Gasteiger partial charge in [-0.15, -0.1) is 0 Å². The van der Waals surface area contributed by atoms with Crippen LogP contribution in [0.1, 0.15) is 46.0 Å². The SMILES string of the molecule is CC(=O)C[C@H]1CC[C@@]23CC=C(C(C)=O)[C@]2(O)C[C@@H]1C3=O. The lowest BCUT2D eigenvalue weighted by Crippen LogP contribution is -2.48. The van der Waals surface area contributed by atoms with Crippen molar-refractivity contribution in [1.29, 1.82) is 0 Å². The van der Waals surface area contributed by atoms with Crippen LogP contribution in [0.4, 0.5) is 0 Å². The number of carbonyl (C=O) groups excluding carboxylic acids is 3. The summed E-state index contributed by atoms with van der Waals surface area (Å²) in [5.74, 6) is -0.211. The Morgan fingerprint density at radius 3 is 2.70 bits per heavy atom. The minimum atomic E-state index is -1.29. The first-order valence-electron chi connectivity index (χ1n) is 7.29. The van der Waals surface area contributed by atoms with Gasteiger partial charge in [-0.05, 0) is 45.4 Å². The van der Waals surface area contributed by atoms with E-state index in [1.54, 1.807) is 13.0 Å². The van der Waals surface area contributed by atoms with Crippen LogP contribution in [0.2, 0.25) is 0 Å². The van der Waals surface area contributed by atoms with Crippen molar-refractivity contribution in [1.82, 2.24) is 0 Å². The standard InChI is InChI=1S/C16H20O4/c1-9(17)7-11-3-5-15-6-4-13(10(2)18)16(15,20)8-12(11)14(15)19/h4,11-12,20H,3,5-8H2,1-2H3/t11-,12+,15+,16-/m1/s1. The average molecular weight is 276 g/mol. The Labute approximate surface area is 118 Å². The van der Waals surface area contributed by atoms with Crippen LogP contribution in [-0.4, -0.2) is 28.1 Å². The number of rotatable bonds is 3. The second kappa shape index (κ2) is 4.10. The number of carbonyl (C=O) groups is 3. The number of ketones is 3. The zero-order valence-corrected chi connectivity index (χ0v) is 11.9. The highest BCUT2D eigenvalue weighted by Gasteiger charge is 2.70. The van der Waals surface area contributed by atoms with Crippen molar-refractivity contribution in [3.63, 3.8) is 0 Å². The molecule has 4 heteroatoms. The summed E-state index contributed by atoms with van der Waals surface area (Å²) in [6, 6.07) is 0. The second-order valence-corrected chi connectivity index (χ2v) is 6.70. The van der Waals surface area contributed by atoms with Crippen molar-refractivity contribution < 1.29 is 19.5 Å². The van der Waals surface area contributed by atoms with E-state index in [-0.39, 0.29) is 29.2 Å². The van der Waals surface area contributed by atoms with Crippen LogP contribution in [0.3, 0.4) is 0 Å². The van der Waals surface area contributed by atoms with Gasteiger partial charge < -0.3 is 9.90 Å². The van der Waals surface area contributed by atoms with Gasteiger partial charge in [0.1, 0.15) is 17.2 Å². The van der Waals surface area contributed by atoms with Crippen molar-refractivity contribution in [2.24, 2.45) is 17.3 Å². The molecule has 108 valence electrons. The van der Waals surface area contributed by atoms with Crippen LogP contribution in [-0.2, 0) is 14.4 Å². The fourth-order valence-electron chi connectivity index (χ4n) is 4.74. The molecule has 0 aliphatic heterocycles. The maximum Gasteiger partial charge on any atom is 0.158 e. The molecule has 3 rings (SSSR count). The molecule has 0 aromatic heterocycles. The normalized spacial score (nSPS) is 42.4. The number of fused-ring (bicyclic) bond motifs is 1. The van der Waals surface area contributed by atoms with E-state index in [4.69, 9.17) is 0 Å². The first-order valence-corrected chi connectivity index (χ1v) is 7.29. The number of Topliss-reactive ketones (excluding diaryl/α,β-unsaturated/α-hetero) is 3. The number of hydrogen-bond donors (Lipinski definition) is 1. The molecule has 0 heterocycles. The zero-order valence-electron chi connectivity index (χ0n) is 11.9. The fourth-order valence-corrected chi connectivity index (χ4v) is 4.74. The molecule has 0 aromatic rings. The second-order valence-electron chi connectivity index (χ2n) is 6.70. The summed E-state index contributed by atoms with van der Waals surface area (Å²) in [7, 11) is 0. The highest BCUT2D eigenvalue weighted by atomic mass is 16.3. The molecule has 0 saturated heterocycles. The minimum Gasteiger partial charge on any atom is -0.384 e. The van der Waals surface area contributed by atoms with E-state index < -0.39 is 11.0 Å². The quantitative estimate of drug-likeness (QED) is 0.850. The smallest absolute Gasteiger partial charge is 0.158 e. The maximum absolute atomic E-state index is 12.7. The van der Waals surface area contributed by atoms with E-state index in [1.165, 1.54) is 6.92 Å². The van der Waals surface area contributed by atoms with Crippen LogP contribution in [0.5, 0.6) is 0 Å². The zero-order chi connectivity index (χ0) is 14.7. The highest BCUT2D eigenvalue weighted by Crippen LogP contribution is 2.64. The van der Waals surface area contributed by atoms with Gasteiger partial charge in [0.15, 0.2) is 5.78 Å². The van der Waals surface area contributed by atoms with Gasteiger partial charge in [0, 0.05) is 17.9 Å². The van der Waals surface area contributed by atoms with Crippen LogP contribution < -0.4 is 0 Å². The molecule has 4 atom stereocenters. The molecule has 20 heavy (non-hydrogen) atoms. The van der Waals surface area contributed by atoms with Crippen molar-refractivity contribution in [2.75, 3.05) is 0 Å². The molecule has 2 fully saturated rings. The van der Waals surface area contributed by atoms with E-state index in [9.17, 15) is 19.5 Å². The summed E-state index contributed by atoms with van der Waals surface area (Å²) < 4.78 is 0. The number of hydrogen-bond acceptors (Lipinski definition) is 4. The molecule has 0 amide bonds. The van der Waals surface area contributed by atoms with Gasteiger partial charge in [-0.2, -0.15) is 0 Å². The summed E-state index contributed by atoms with van der Waals surface area (Å²) in [4.78, 5) is 35.8. The van der Waals surface area contributed by atoms with Crippen molar-refractivity contribution in [2.45, 2.75) is 51.6 Å². The lowest BCUT2D eigenvalue weighted by molar-refractivity contribution is -0.139. The summed E-state index contributed by atoms with van der Waals surface area (Å²) in [5.41, 5.74) is -1.66. The van der Waals surface area contributed by atoms with Crippen LogP contribution in [0, 0.1) is 17.3 Å². The largest absolute Gasteiger partial charge is 0.384 e. The molecule has 3 aliphatic carbocycles. The molecular weight excluding hydrogens is 256 g/mol. The molecule has 4 nitrogen and oxygen atoms in total. The third-order valence-corrected chi connectivity index (χ3v) is 5.66. The summed E-state index contributed by atoms with van der Waals surface area (Å²) in [5, 5.41) is 11.0. The molecule has 2 bridgehead atoms. The molecule has 1 N–H and O–H groups in total. The van der Waals surface area contributed by atoms with E-state index in [2.05, 4.69) is 0 Å². The molecular formula is C16H20O4. The van der Waals surface area contributed by atoms with Gasteiger partial charge in [-0.3, -0.25) is 9.59 Å². The molecule has 3 aliphatic rings. The highest BCUT2D eigenvalue weighted by molar-refractivity contribution is 6.03. The van der Waals surface area contributed by atoms with Gasteiger partial charge in [0.25, 0.3) is 0 Å². The summed E-state index contributed by atoms with van der Waals surface area (Å²) in [6.45, 7) is 2.99. The van der Waals surface area contributed by atoms with E-state index in [0.717, 1.165) is 6.42 Å². The van der Waals surface area contributed by atoms with E-state index in [1.807, 2.05) is 0 Å². The molecule has 0 radical (unpaired) electrons. The number of aliphatic hydroxyl groups is 1. The Balaban J connectivity index is 1.98. The fraction of sp³-hybridized carbons (Fsp3) is 0.688. The van der Waals surface area contributed by atoms with Crippen LogP contribution in [0.15, 0.2) is 11.6 Å². The summed E-state index contributed by atoms with van der Waals surface area (Å²) in [6.07, 6.45) is 4.32. The molecule has 0 aromatic carbocycles. The van der Waals surface area contributed by atoms with Gasteiger partial charge >= 0.3 is 0 Å². The van der Waals surface area contributed by atoms with E-state index >= 15 is 0 Å². The third-order valence-electron chi connectivity index (χ3n) is 5.66. The number of allylic oxidation sites excluding steroid dienone is 1. The first kappa shape index (κ1) is 13.7. The topological polar surface area (TPSA) is 71.4 Å². The lowest BCUT2D eigenvalue weighted by Gasteiger charge is -2.39. The minimum absolute atomic E-state index is 0.0356. The lowest BCUT2D eigenvalue weighted by atomic mass is 9.65.